The molecule has 2 aromatic carbocycles. The van der Waals surface area contributed by atoms with E-state index in [9.17, 15) is 9.59 Å². The van der Waals surface area contributed by atoms with Crippen molar-refractivity contribution in [3.05, 3.63) is 70.3 Å². The highest BCUT2D eigenvalue weighted by Gasteiger charge is 2.15. The van der Waals surface area contributed by atoms with Gasteiger partial charge in [0.1, 0.15) is 12.3 Å². The summed E-state index contributed by atoms with van der Waals surface area (Å²) in [6, 6.07) is 13.1. The lowest BCUT2D eigenvalue weighted by atomic mass is 10.0. The minimum Gasteiger partial charge on any atom is -0.497 e. The summed E-state index contributed by atoms with van der Waals surface area (Å²) >= 11 is 0. The maximum absolute atomic E-state index is 12.8. The topological polar surface area (TPSA) is 86.2 Å². The molecule has 4 aromatic rings. The van der Waals surface area contributed by atoms with E-state index in [0.717, 1.165) is 27.6 Å². The predicted octanol–water partition coefficient (Wildman–Crippen LogP) is 3.04. The summed E-state index contributed by atoms with van der Waals surface area (Å²) in [4.78, 5) is 28.0. The molecule has 0 fully saturated rings. The number of esters is 1. The van der Waals surface area contributed by atoms with E-state index in [0.29, 0.717) is 17.5 Å². The summed E-state index contributed by atoms with van der Waals surface area (Å²) in [6.07, 6.45) is 2.43. The highest BCUT2D eigenvalue weighted by Crippen LogP contribution is 2.26. The quantitative estimate of drug-likeness (QED) is 0.511. The second-order valence-electron chi connectivity index (χ2n) is 6.66. The number of methoxy groups -OCH3 is 1. The monoisotopic (exact) mass is 391 g/mol. The van der Waals surface area contributed by atoms with Crippen molar-refractivity contribution in [2.45, 2.75) is 19.9 Å². The summed E-state index contributed by atoms with van der Waals surface area (Å²) in [5.74, 6) is 0.281. The van der Waals surface area contributed by atoms with Crippen LogP contribution in [0.3, 0.4) is 0 Å². The van der Waals surface area contributed by atoms with Crippen LogP contribution in [0.25, 0.3) is 21.7 Å². The molecular weight excluding hydrogens is 370 g/mol. The second kappa shape index (κ2) is 7.79. The van der Waals surface area contributed by atoms with Gasteiger partial charge in [-0.2, -0.15) is 5.10 Å². The van der Waals surface area contributed by atoms with E-state index >= 15 is 0 Å². The van der Waals surface area contributed by atoms with Crippen molar-refractivity contribution >= 4 is 27.6 Å². The molecule has 2 heterocycles. The molecule has 7 nitrogen and oxygen atoms in total. The average molecular weight is 391 g/mol. The van der Waals surface area contributed by atoms with Gasteiger partial charge in [-0.05, 0) is 36.8 Å². The molecule has 0 unspecified atom stereocenters. The number of aromatic amines is 1. The van der Waals surface area contributed by atoms with Crippen molar-refractivity contribution in [1.29, 1.82) is 0 Å². The highest BCUT2D eigenvalue weighted by atomic mass is 16.5. The Balaban J connectivity index is 1.82. The molecule has 0 aliphatic rings. The molecule has 0 aliphatic carbocycles. The van der Waals surface area contributed by atoms with Crippen molar-refractivity contribution in [3.8, 4) is 5.75 Å². The molecule has 0 amide bonds. The lowest BCUT2D eigenvalue weighted by molar-refractivity contribution is -0.144. The lowest BCUT2D eigenvalue weighted by Gasteiger charge is -2.11. The number of fused-ring (bicyclic) bond motifs is 2. The van der Waals surface area contributed by atoms with Gasteiger partial charge in [0, 0.05) is 28.9 Å². The number of hydrogen-bond donors (Lipinski definition) is 1. The molecule has 1 N–H and O–H groups in total. The van der Waals surface area contributed by atoms with Gasteiger partial charge in [0.2, 0.25) is 0 Å². The fraction of sp³-hybridized carbons (Fsp3) is 0.227. The van der Waals surface area contributed by atoms with Crippen molar-refractivity contribution in [2.75, 3.05) is 13.7 Å². The van der Waals surface area contributed by atoms with Gasteiger partial charge >= 0.3 is 5.97 Å². The van der Waals surface area contributed by atoms with E-state index in [1.807, 2.05) is 36.5 Å². The largest absolute Gasteiger partial charge is 0.497 e. The second-order valence-corrected chi connectivity index (χ2v) is 6.66. The van der Waals surface area contributed by atoms with Crippen LogP contribution in [0.5, 0.6) is 5.75 Å². The maximum Gasteiger partial charge on any atom is 0.327 e. The molecule has 0 radical (unpaired) electrons. The molecule has 4 rings (SSSR count). The zero-order chi connectivity index (χ0) is 20.4. The molecule has 148 valence electrons. The Morgan fingerprint density at radius 3 is 2.69 bits per heavy atom. The number of aromatic nitrogens is 3. The summed E-state index contributed by atoms with van der Waals surface area (Å²) in [6.45, 7) is 1.77. The zero-order valence-electron chi connectivity index (χ0n) is 16.3. The van der Waals surface area contributed by atoms with Gasteiger partial charge in [0.15, 0.2) is 0 Å². The number of H-pyrrole nitrogens is 1. The van der Waals surface area contributed by atoms with Crippen LogP contribution in [0, 0.1) is 0 Å². The minimum atomic E-state index is -0.486. The Kier molecular flexibility index (Phi) is 5.03. The Labute approximate surface area is 166 Å². The van der Waals surface area contributed by atoms with Crippen molar-refractivity contribution in [1.82, 2.24) is 14.8 Å². The lowest BCUT2D eigenvalue weighted by Crippen LogP contribution is -2.29. The van der Waals surface area contributed by atoms with Crippen LogP contribution in [-0.2, 0) is 22.5 Å². The number of nitrogens with one attached hydrogen (secondary N) is 1. The fourth-order valence-corrected chi connectivity index (χ4v) is 3.48. The van der Waals surface area contributed by atoms with Gasteiger partial charge in [-0.25, -0.2) is 4.68 Å². The molecule has 2 aromatic heterocycles. The first-order valence-corrected chi connectivity index (χ1v) is 9.39. The third-order valence-corrected chi connectivity index (χ3v) is 4.86. The molecule has 7 heteroatoms. The third-order valence-electron chi connectivity index (χ3n) is 4.86. The predicted molar refractivity (Wildman–Crippen MR) is 110 cm³/mol. The van der Waals surface area contributed by atoms with Crippen LogP contribution >= 0.6 is 0 Å². The Morgan fingerprint density at radius 1 is 1.14 bits per heavy atom. The number of ether oxygens (including phenoxy) is 2. The third kappa shape index (κ3) is 3.59. The van der Waals surface area contributed by atoms with E-state index < -0.39 is 5.97 Å². The first-order valence-electron chi connectivity index (χ1n) is 9.39. The Bertz CT molecular complexity index is 1260. The number of hydrogen-bond acceptors (Lipinski definition) is 5. The van der Waals surface area contributed by atoms with Crippen molar-refractivity contribution < 1.29 is 14.3 Å². The standard InChI is InChI=1S/C22H21N3O4/c1-3-29-21(26)13-25-22(27)17-7-5-4-6-16(17)20(24-25)10-14-12-23-19-9-8-15(28-2)11-18(14)19/h4-9,11-12,23H,3,10,13H2,1-2H3. The van der Waals surface area contributed by atoms with Gasteiger partial charge in [0.25, 0.3) is 5.56 Å². The molecule has 0 bridgehead atoms. The van der Waals surface area contributed by atoms with Crippen LogP contribution in [-0.4, -0.2) is 34.5 Å². The molecule has 29 heavy (non-hydrogen) atoms. The number of carbonyl (C=O) groups excluding carboxylic acids is 1. The summed E-state index contributed by atoms with van der Waals surface area (Å²) in [5, 5.41) is 6.83. The van der Waals surface area contributed by atoms with E-state index in [-0.39, 0.29) is 18.7 Å². The molecular formula is C22H21N3O4. The van der Waals surface area contributed by atoms with Crippen LogP contribution in [0.4, 0.5) is 0 Å². The van der Waals surface area contributed by atoms with Crippen molar-refractivity contribution in [2.24, 2.45) is 0 Å². The number of rotatable bonds is 6. The van der Waals surface area contributed by atoms with E-state index in [1.54, 1.807) is 26.2 Å². The van der Waals surface area contributed by atoms with Gasteiger partial charge < -0.3 is 14.5 Å². The Hall–Kier alpha value is -3.61. The number of carbonyl (C=O) groups is 1. The molecule has 0 saturated heterocycles. The summed E-state index contributed by atoms with van der Waals surface area (Å²) in [5.41, 5.74) is 2.43. The Morgan fingerprint density at radius 2 is 1.93 bits per heavy atom. The number of benzene rings is 2. The average Bonchev–Trinajstić information content (AvgIpc) is 3.13. The van der Waals surface area contributed by atoms with Crippen molar-refractivity contribution in [3.63, 3.8) is 0 Å². The maximum atomic E-state index is 12.8. The highest BCUT2D eigenvalue weighted by molar-refractivity contribution is 5.87. The summed E-state index contributed by atoms with van der Waals surface area (Å²) in [7, 11) is 1.63. The molecule has 0 spiro atoms. The molecule has 0 aliphatic heterocycles. The molecule has 0 atom stereocenters. The fourth-order valence-electron chi connectivity index (χ4n) is 3.48. The zero-order valence-corrected chi connectivity index (χ0v) is 16.3. The van der Waals surface area contributed by atoms with E-state index in [1.165, 1.54) is 4.68 Å². The first-order chi connectivity index (χ1) is 14.1. The smallest absolute Gasteiger partial charge is 0.327 e. The first kappa shape index (κ1) is 18.7. The van der Waals surface area contributed by atoms with Crippen LogP contribution in [0.2, 0.25) is 0 Å². The minimum absolute atomic E-state index is 0.216. The molecule has 0 saturated carbocycles. The van der Waals surface area contributed by atoms with Crippen LogP contribution in [0.15, 0.2) is 53.5 Å². The SMILES string of the molecule is CCOC(=O)Cn1nc(Cc2c[nH]c3ccc(OC)cc23)c2ccccc2c1=O. The van der Waals surface area contributed by atoms with Crippen LogP contribution in [0.1, 0.15) is 18.2 Å². The van der Waals surface area contributed by atoms with Gasteiger partial charge in [0.05, 0.1) is 24.8 Å². The van der Waals surface area contributed by atoms with E-state index in [2.05, 4.69) is 10.1 Å². The van der Waals surface area contributed by atoms with Gasteiger partial charge in [-0.1, -0.05) is 18.2 Å². The van der Waals surface area contributed by atoms with Gasteiger partial charge in [-0.15, -0.1) is 0 Å². The normalized spacial score (nSPS) is 11.1. The summed E-state index contributed by atoms with van der Waals surface area (Å²) < 4.78 is 11.5. The van der Waals surface area contributed by atoms with Crippen LogP contribution < -0.4 is 10.3 Å². The van der Waals surface area contributed by atoms with E-state index in [4.69, 9.17) is 9.47 Å². The number of nitrogens with zero attached hydrogens (tertiary/aromatic N) is 2. The van der Waals surface area contributed by atoms with Gasteiger partial charge in [-0.3, -0.25) is 9.59 Å².